The molecule has 5 nitrogen and oxygen atoms in total. The summed E-state index contributed by atoms with van der Waals surface area (Å²) in [5, 5.41) is 0. The second-order valence-corrected chi connectivity index (χ2v) is 4.75. The summed E-state index contributed by atoms with van der Waals surface area (Å²) in [5.41, 5.74) is 0.255. The monoisotopic (exact) mass is 371 g/mol. The smallest absolute Gasteiger partial charge is 0.462 e. The van der Waals surface area contributed by atoms with Crippen molar-refractivity contribution in [2.24, 2.45) is 0 Å². The number of halogens is 4. The highest BCUT2D eigenvalue weighted by atomic mass is 19.4. The van der Waals surface area contributed by atoms with E-state index in [-0.39, 0.29) is 18.1 Å². The number of hydrogen-bond donors (Lipinski definition) is 0. The summed E-state index contributed by atoms with van der Waals surface area (Å²) in [4.78, 5) is 16.0. The van der Waals surface area contributed by atoms with E-state index in [0.717, 1.165) is 12.1 Å². The number of carbonyl (C=O) groups is 1. The molecule has 9 heteroatoms. The van der Waals surface area contributed by atoms with Crippen molar-refractivity contribution in [2.75, 3.05) is 6.61 Å². The zero-order valence-electron chi connectivity index (χ0n) is 13.5. The van der Waals surface area contributed by atoms with E-state index in [9.17, 15) is 22.4 Å². The summed E-state index contributed by atoms with van der Waals surface area (Å²) in [6.07, 6.45) is -2.29. The van der Waals surface area contributed by atoms with Crippen LogP contribution in [0.4, 0.5) is 17.6 Å². The van der Waals surface area contributed by atoms with E-state index in [1.807, 2.05) is 0 Å². The SMILES string of the molecule is C=Cc1ccnc(Oc2ccc(OC(F)(F)F)cc2F)c1C(=O)OCC. The predicted octanol–water partition coefficient (Wildman–Crippen LogP) is 4.73. The fourth-order valence-corrected chi connectivity index (χ4v) is 1.98. The topological polar surface area (TPSA) is 57.7 Å². The van der Waals surface area contributed by atoms with Crippen LogP contribution < -0.4 is 9.47 Å². The molecule has 0 radical (unpaired) electrons. The van der Waals surface area contributed by atoms with Gasteiger partial charge in [0, 0.05) is 12.3 Å². The Bertz CT molecular complexity index is 821. The number of ether oxygens (including phenoxy) is 3. The van der Waals surface area contributed by atoms with Gasteiger partial charge >= 0.3 is 12.3 Å². The quantitative estimate of drug-likeness (QED) is 0.543. The van der Waals surface area contributed by atoms with E-state index < -0.39 is 29.6 Å². The highest BCUT2D eigenvalue weighted by Gasteiger charge is 2.31. The molecular weight excluding hydrogens is 358 g/mol. The van der Waals surface area contributed by atoms with Crippen LogP contribution in [0.25, 0.3) is 6.08 Å². The van der Waals surface area contributed by atoms with Gasteiger partial charge < -0.3 is 14.2 Å². The number of pyridine rings is 1. The number of hydrogen-bond acceptors (Lipinski definition) is 5. The van der Waals surface area contributed by atoms with Crippen LogP contribution in [0.3, 0.4) is 0 Å². The molecule has 0 saturated heterocycles. The van der Waals surface area contributed by atoms with Crippen LogP contribution in [0.5, 0.6) is 17.4 Å². The van der Waals surface area contributed by atoms with E-state index >= 15 is 0 Å². The third-order valence-electron chi connectivity index (χ3n) is 2.99. The zero-order valence-corrected chi connectivity index (χ0v) is 13.5. The van der Waals surface area contributed by atoms with Crippen molar-refractivity contribution >= 4 is 12.0 Å². The minimum absolute atomic E-state index is 0.0839. The highest BCUT2D eigenvalue weighted by Crippen LogP contribution is 2.32. The Morgan fingerprint density at radius 1 is 1.31 bits per heavy atom. The largest absolute Gasteiger partial charge is 0.573 e. The van der Waals surface area contributed by atoms with Crippen molar-refractivity contribution in [3.05, 3.63) is 54.0 Å². The minimum atomic E-state index is -4.95. The molecule has 0 fully saturated rings. The van der Waals surface area contributed by atoms with Gasteiger partial charge in [-0.25, -0.2) is 14.2 Å². The third-order valence-corrected chi connectivity index (χ3v) is 2.99. The molecule has 0 atom stereocenters. The van der Waals surface area contributed by atoms with Crippen LogP contribution in [0.1, 0.15) is 22.8 Å². The molecule has 0 amide bonds. The minimum Gasteiger partial charge on any atom is -0.462 e. The van der Waals surface area contributed by atoms with E-state index in [2.05, 4.69) is 16.3 Å². The number of rotatable bonds is 6. The molecule has 0 spiro atoms. The van der Waals surface area contributed by atoms with Crippen molar-refractivity contribution in [3.63, 3.8) is 0 Å². The summed E-state index contributed by atoms with van der Waals surface area (Å²) in [6.45, 7) is 5.24. The first-order valence-corrected chi connectivity index (χ1v) is 7.27. The van der Waals surface area contributed by atoms with Crippen LogP contribution in [0.2, 0.25) is 0 Å². The first-order valence-electron chi connectivity index (χ1n) is 7.27. The van der Waals surface area contributed by atoms with Gasteiger partial charge in [-0.15, -0.1) is 13.2 Å². The molecule has 2 aromatic rings. The molecule has 26 heavy (non-hydrogen) atoms. The van der Waals surface area contributed by atoms with Gasteiger partial charge in [0.2, 0.25) is 5.88 Å². The van der Waals surface area contributed by atoms with Gasteiger partial charge in [0.05, 0.1) is 6.61 Å². The number of alkyl halides is 3. The van der Waals surface area contributed by atoms with Crippen LogP contribution in [-0.4, -0.2) is 23.9 Å². The average molecular weight is 371 g/mol. The summed E-state index contributed by atoms with van der Waals surface area (Å²) in [7, 11) is 0. The van der Waals surface area contributed by atoms with Gasteiger partial charge in [-0.05, 0) is 30.7 Å². The Labute approximate surface area is 145 Å². The lowest BCUT2D eigenvalue weighted by Crippen LogP contribution is -2.17. The van der Waals surface area contributed by atoms with Gasteiger partial charge in [-0.3, -0.25) is 0 Å². The molecule has 0 unspecified atom stereocenters. The molecule has 2 rings (SSSR count). The lowest BCUT2D eigenvalue weighted by atomic mass is 10.1. The molecule has 0 N–H and O–H groups in total. The van der Waals surface area contributed by atoms with Gasteiger partial charge in [0.25, 0.3) is 0 Å². The number of nitrogens with zero attached hydrogens (tertiary/aromatic N) is 1. The zero-order chi connectivity index (χ0) is 19.3. The van der Waals surface area contributed by atoms with Gasteiger partial charge in [0.1, 0.15) is 11.3 Å². The fourth-order valence-electron chi connectivity index (χ4n) is 1.98. The first kappa shape index (κ1) is 19.2. The lowest BCUT2D eigenvalue weighted by molar-refractivity contribution is -0.274. The van der Waals surface area contributed by atoms with Crippen molar-refractivity contribution in [2.45, 2.75) is 13.3 Å². The van der Waals surface area contributed by atoms with Crippen molar-refractivity contribution in [3.8, 4) is 17.4 Å². The third kappa shape index (κ3) is 4.71. The Morgan fingerprint density at radius 2 is 2.04 bits per heavy atom. The normalized spacial score (nSPS) is 11.0. The van der Waals surface area contributed by atoms with Crippen molar-refractivity contribution in [1.29, 1.82) is 0 Å². The van der Waals surface area contributed by atoms with E-state index in [0.29, 0.717) is 11.6 Å². The molecule has 0 aliphatic heterocycles. The predicted molar refractivity (Wildman–Crippen MR) is 83.4 cm³/mol. The number of benzene rings is 1. The van der Waals surface area contributed by atoms with Gasteiger partial charge in [-0.1, -0.05) is 12.7 Å². The highest BCUT2D eigenvalue weighted by molar-refractivity contribution is 5.96. The molecule has 0 bridgehead atoms. The van der Waals surface area contributed by atoms with Crippen molar-refractivity contribution in [1.82, 2.24) is 4.98 Å². The van der Waals surface area contributed by atoms with Crippen molar-refractivity contribution < 1.29 is 36.6 Å². The summed E-state index contributed by atoms with van der Waals surface area (Å²) in [6, 6.07) is 3.77. The molecule has 0 aliphatic carbocycles. The Morgan fingerprint density at radius 3 is 2.62 bits per heavy atom. The van der Waals surface area contributed by atoms with E-state index in [4.69, 9.17) is 9.47 Å². The molecule has 0 aliphatic rings. The fraction of sp³-hybridized carbons (Fsp3) is 0.176. The average Bonchev–Trinajstić information content (AvgIpc) is 2.55. The van der Waals surface area contributed by atoms with Crippen LogP contribution in [0.15, 0.2) is 37.0 Å². The lowest BCUT2D eigenvalue weighted by Gasteiger charge is -2.13. The molecule has 138 valence electrons. The van der Waals surface area contributed by atoms with Gasteiger partial charge in [0.15, 0.2) is 11.6 Å². The Balaban J connectivity index is 2.36. The second kappa shape index (κ2) is 7.85. The number of aromatic nitrogens is 1. The van der Waals surface area contributed by atoms with E-state index in [1.165, 1.54) is 18.3 Å². The molecule has 1 aromatic heterocycles. The molecule has 1 heterocycles. The molecule has 0 saturated carbocycles. The van der Waals surface area contributed by atoms with Crippen LogP contribution in [-0.2, 0) is 4.74 Å². The molecular formula is C17H13F4NO4. The number of carbonyl (C=O) groups excluding carboxylic acids is 1. The summed E-state index contributed by atoms with van der Waals surface area (Å²) < 4.78 is 64.3. The first-order chi connectivity index (χ1) is 12.2. The summed E-state index contributed by atoms with van der Waals surface area (Å²) in [5.74, 6) is -3.36. The van der Waals surface area contributed by atoms with Gasteiger partial charge in [-0.2, -0.15) is 0 Å². The maximum atomic E-state index is 14.0. The summed E-state index contributed by atoms with van der Waals surface area (Å²) >= 11 is 0. The van der Waals surface area contributed by atoms with Crippen LogP contribution in [0, 0.1) is 5.82 Å². The standard InChI is InChI=1S/C17H13F4NO4/c1-3-10-7-8-22-15(14(10)16(23)24-4-2)25-13-6-5-11(9-12(13)18)26-17(19,20)21/h3,5-9H,1,4H2,2H3. The molecule has 1 aromatic carbocycles. The van der Waals surface area contributed by atoms with Crippen LogP contribution >= 0.6 is 0 Å². The second-order valence-electron chi connectivity index (χ2n) is 4.75. The number of esters is 1. The Kier molecular flexibility index (Phi) is 5.81. The maximum absolute atomic E-state index is 14.0. The van der Waals surface area contributed by atoms with E-state index in [1.54, 1.807) is 6.92 Å². The maximum Gasteiger partial charge on any atom is 0.573 e. The Hall–Kier alpha value is -3.10.